The summed E-state index contributed by atoms with van der Waals surface area (Å²) in [5.41, 5.74) is 11.1. The maximum atomic E-state index is 6.17. The third kappa shape index (κ3) is 4.64. The third-order valence-corrected chi connectivity index (χ3v) is 7.21. The Hall–Kier alpha value is -1.27. The number of para-hydroxylation sites is 1. The van der Waals surface area contributed by atoms with Gasteiger partial charge in [0.25, 0.3) is 0 Å². The van der Waals surface area contributed by atoms with Crippen molar-refractivity contribution in [2.24, 2.45) is 11.7 Å². The lowest BCUT2D eigenvalue weighted by Crippen LogP contribution is -2.40. The van der Waals surface area contributed by atoms with Gasteiger partial charge < -0.3 is 15.5 Å². The van der Waals surface area contributed by atoms with Crippen LogP contribution in [0.1, 0.15) is 44.7 Å². The molecule has 0 spiro atoms. The van der Waals surface area contributed by atoms with Crippen molar-refractivity contribution in [3.63, 3.8) is 0 Å². The Balaban J connectivity index is 0.00000256. The van der Waals surface area contributed by atoms with Crippen LogP contribution in [0.3, 0.4) is 0 Å². The van der Waals surface area contributed by atoms with Crippen molar-refractivity contribution < 1.29 is 0 Å². The van der Waals surface area contributed by atoms with Gasteiger partial charge >= 0.3 is 0 Å². The summed E-state index contributed by atoms with van der Waals surface area (Å²) >= 11 is 7.32. The van der Waals surface area contributed by atoms with E-state index in [-0.39, 0.29) is 12.4 Å². The Morgan fingerprint density at radius 1 is 1.07 bits per heavy atom. The van der Waals surface area contributed by atoms with Gasteiger partial charge in [-0.1, -0.05) is 56.0 Å². The Morgan fingerprint density at radius 3 is 2.43 bits per heavy atom. The first kappa shape index (κ1) is 23.4. The molecule has 0 saturated carbocycles. The SMILES string of the molecule is CC(C)Cc1c(C(N)=S)ccc2c1N(C(C)CN1CCCC1)c1ccccc1S2.Cl. The summed E-state index contributed by atoms with van der Waals surface area (Å²) in [5, 5.41) is 0. The van der Waals surface area contributed by atoms with Gasteiger partial charge in [0, 0.05) is 27.9 Å². The van der Waals surface area contributed by atoms with E-state index in [0.717, 1.165) is 18.5 Å². The molecule has 1 unspecified atom stereocenters. The van der Waals surface area contributed by atoms with E-state index in [1.807, 2.05) is 11.8 Å². The van der Waals surface area contributed by atoms with Crippen molar-refractivity contribution in [3.8, 4) is 0 Å². The van der Waals surface area contributed by atoms with Crippen molar-refractivity contribution in [2.45, 2.75) is 55.9 Å². The van der Waals surface area contributed by atoms with E-state index in [0.29, 0.717) is 16.9 Å². The molecule has 2 N–H and O–H groups in total. The molecule has 1 fully saturated rings. The van der Waals surface area contributed by atoms with Crippen LogP contribution in [0, 0.1) is 5.92 Å². The Kier molecular flexibility index (Phi) is 7.72. The first-order valence-corrected chi connectivity index (χ1v) is 11.9. The molecule has 2 aliphatic heterocycles. The van der Waals surface area contributed by atoms with Crippen LogP contribution in [0.25, 0.3) is 0 Å². The molecule has 1 saturated heterocycles. The van der Waals surface area contributed by atoms with E-state index in [9.17, 15) is 0 Å². The molecule has 0 bridgehead atoms. The molecule has 162 valence electrons. The molecule has 2 aromatic carbocycles. The highest BCUT2D eigenvalue weighted by Gasteiger charge is 2.32. The van der Waals surface area contributed by atoms with Gasteiger partial charge in [0.1, 0.15) is 4.99 Å². The van der Waals surface area contributed by atoms with Gasteiger partial charge in [-0.05, 0) is 69.0 Å². The van der Waals surface area contributed by atoms with Crippen LogP contribution >= 0.6 is 36.4 Å². The highest BCUT2D eigenvalue weighted by molar-refractivity contribution is 7.99. The lowest BCUT2D eigenvalue weighted by Gasteiger charge is -2.40. The van der Waals surface area contributed by atoms with E-state index in [4.69, 9.17) is 18.0 Å². The minimum Gasteiger partial charge on any atom is -0.389 e. The summed E-state index contributed by atoms with van der Waals surface area (Å²) in [6.45, 7) is 10.4. The minimum absolute atomic E-state index is 0. The average Bonchev–Trinajstić information content (AvgIpc) is 3.18. The molecule has 0 aromatic heterocycles. The number of anilines is 2. The fourth-order valence-corrected chi connectivity index (χ4v) is 5.97. The molecule has 30 heavy (non-hydrogen) atoms. The number of hydrogen-bond donors (Lipinski definition) is 1. The van der Waals surface area contributed by atoms with Gasteiger partial charge in [-0.3, -0.25) is 0 Å². The smallest absolute Gasteiger partial charge is 0.104 e. The number of thiocarbonyl (C=S) groups is 1. The quantitative estimate of drug-likeness (QED) is 0.531. The summed E-state index contributed by atoms with van der Waals surface area (Å²) < 4.78 is 0. The number of nitrogens with two attached hydrogens (primary N) is 1. The topological polar surface area (TPSA) is 32.5 Å². The second kappa shape index (κ2) is 9.90. The van der Waals surface area contributed by atoms with Gasteiger partial charge in [-0.2, -0.15) is 0 Å². The largest absolute Gasteiger partial charge is 0.389 e. The Bertz CT molecular complexity index is 909. The summed E-state index contributed by atoms with van der Waals surface area (Å²) in [7, 11) is 0. The first-order valence-electron chi connectivity index (χ1n) is 10.7. The average molecular weight is 462 g/mol. The number of likely N-dealkylation sites (tertiary alicyclic amines) is 1. The van der Waals surface area contributed by atoms with Gasteiger partial charge in [0.2, 0.25) is 0 Å². The molecule has 0 amide bonds. The normalized spacial score (nSPS) is 16.7. The Morgan fingerprint density at radius 2 is 1.77 bits per heavy atom. The number of benzene rings is 2. The van der Waals surface area contributed by atoms with Crippen molar-refractivity contribution >= 4 is 52.8 Å². The molecule has 0 radical (unpaired) electrons. The molecule has 2 aromatic rings. The monoisotopic (exact) mass is 461 g/mol. The maximum Gasteiger partial charge on any atom is 0.104 e. The van der Waals surface area contributed by atoms with Crippen LogP contribution in [0.2, 0.25) is 0 Å². The van der Waals surface area contributed by atoms with Crippen LogP contribution in [0.15, 0.2) is 46.2 Å². The van der Waals surface area contributed by atoms with Crippen LogP contribution in [0.4, 0.5) is 11.4 Å². The summed E-state index contributed by atoms with van der Waals surface area (Å²) in [4.78, 5) is 8.31. The Labute approximate surface area is 196 Å². The number of hydrogen-bond acceptors (Lipinski definition) is 4. The summed E-state index contributed by atoms with van der Waals surface area (Å²) in [6.07, 6.45) is 3.62. The van der Waals surface area contributed by atoms with E-state index in [1.54, 1.807) is 0 Å². The maximum absolute atomic E-state index is 6.17. The van der Waals surface area contributed by atoms with Gasteiger partial charge in [0.05, 0.1) is 11.4 Å². The van der Waals surface area contributed by atoms with E-state index in [2.05, 4.69) is 67.0 Å². The van der Waals surface area contributed by atoms with Crippen LogP contribution in [-0.4, -0.2) is 35.6 Å². The second-order valence-corrected chi connectivity index (χ2v) is 10.2. The number of nitrogens with zero attached hydrogens (tertiary/aromatic N) is 2. The highest BCUT2D eigenvalue weighted by Crippen LogP contribution is 2.51. The van der Waals surface area contributed by atoms with Gasteiger partial charge in [-0.15, -0.1) is 12.4 Å². The molecule has 6 heteroatoms. The predicted molar refractivity (Wildman–Crippen MR) is 136 cm³/mol. The number of fused-ring (bicyclic) bond motifs is 2. The lowest BCUT2D eigenvalue weighted by atomic mass is 9.94. The van der Waals surface area contributed by atoms with Crippen molar-refractivity contribution in [1.82, 2.24) is 4.90 Å². The molecule has 2 heterocycles. The molecule has 3 nitrogen and oxygen atoms in total. The zero-order chi connectivity index (χ0) is 20.5. The highest BCUT2D eigenvalue weighted by atomic mass is 35.5. The van der Waals surface area contributed by atoms with Crippen molar-refractivity contribution in [1.29, 1.82) is 0 Å². The third-order valence-electron chi connectivity index (χ3n) is 5.87. The van der Waals surface area contributed by atoms with Crippen LogP contribution < -0.4 is 10.6 Å². The predicted octanol–water partition coefficient (Wildman–Crippen LogP) is 6.03. The molecular formula is C24H32ClN3S2. The van der Waals surface area contributed by atoms with Crippen LogP contribution in [-0.2, 0) is 6.42 Å². The minimum atomic E-state index is 0. The molecule has 2 aliphatic rings. The molecular weight excluding hydrogens is 430 g/mol. The number of rotatable bonds is 6. The zero-order valence-electron chi connectivity index (χ0n) is 18.1. The fourth-order valence-electron chi connectivity index (χ4n) is 4.67. The molecule has 4 rings (SSSR count). The fraction of sp³-hybridized carbons (Fsp3) is 0.458. The molecule has 0 aliphatic carbocycles. The van der Waals surface area contributed by atoms with E-state index < -0.39 is 0 Å². The van der Waals surface area contributed by atoms with E-state index >= 15 is 0 Å². The first-order chi connectivity index (χ1) is 14.0. The standard InChI is InChI=1S/C24H31N3S2.ClH/c1-16(2)14-19-18(24(25)28)10-11-22-23(19)27(17(3)15-26-12-6-7-13-26)20-8-4-5-9-21(20)29-22;/h4-5,8-11,16-17H,6-7,12-15H2,1-3H3,(H2,25,28);1H. The number of halogens is 1. The van der Waals surface area contributed by atoms with Gasteiger partial charge in [-0.25, -0.2) is 0 Å². The second-order valence-electron chi connectivity index (χ2n) is 8.70. The van der Waals surface area contributed by atoms with E-state index in [1.165, 1.54) is 52.7 Å². The summed E-state index contributed by atoms with van der Waals surface area (Å²) in [6, 6.07) is 13.5. The molecule has 1 atom stereocenters. The van der Waals surface area contributed by atoms with Crippen molar-refractivity contribution in [2.75, 3.05) is 24.5 Å². The summed E-state index contributed by atoms with van der Waals surface area (Å²) in [5.74, 6) is 0.535. The van der Waals surface area contributed by atoms with Gasteiger partial charge in [0.15, 0.2) is 0 Å². The zero-order valence-corrected chi connectivity index (χ0v) is 20.5. The van der Waals surface area contributed by atoms with Crippen molar-refractivity contribution in [3.05, 3.63) is 47.5 Å². The van der Waals surface area contributed by atoms with Crippen LogP contribution in [0.5, 0.6) is 0 Å². The lowest BCUT2D eigenvalue weighted by molar-refractivity contribution is 0.319.